The Kier molecular flexibility index (Phi) is 6.82. The van der Waals surface area contributed by atoms with Crippen molar-refractivity contribution in [2.45, 2.75) is 30.6 Å². The third-order valence-corrected chi connectivity index (χ3v) is 6.80. The van der Waals surface area contributed by atoms with Gasteiger partial charge in [0, 0.05) is 22.3 Å². The second-order valence-electron chi connectivity index (χ2n) is 6.68. The standard InChI is InChI=1S/C20H23IN2O4S/c1-27-19-11-10-17(28(25,26)22-16-8-6-15(21)7-9-16)14-18(19)20(24)23-12-4-2-3-5-13-23/h6-11,14,22H,2-5,12-13H2,1H3. The van der Waals surface area contributed by atoms with Gasteiger partial charge in [0.2, 0.25) is 0 Å². The van der Waals surface area contributed by atoms with Gasteiger partial charge >= 0.3 is 0 Å². The minimum Gasteiger partial charge on any atom is -0.496 e. The molecule has 6 nitrogen and oxygen atoms in total. The van der Waals surface area contributed by atoms with E-state index in [1.807, 2.05) is 12.1 Å². The van der Waals surface area contributed by atoms with Crippen LogP contribution in [0.4, 0.5) is 5.69 Å². The fourth-order valence-corrected chi connectivity index (χ4v) is 4.64. The van der Waals surface area contributed by atoms with Crippen LogP contribution in [-0.4, -0.2) is 39.4 Å². The number of amides is 1. The van der Waals surface area contributed by atoms with Crippen LogP contribution in [0.2, 0.25) is 0 Å². The Morgan fingerprint density at radius 2 is 1.68 bits per heavy atom. The molecule has 0 atom stereocenters. The predicted octanol–water partition coefficient (Wildman–Crippen LogP) is 4.12. The topological polar surface area (TPSA) is 75.7 Å². The maximum atomic E-state index is 13.0. The van der Waals surface area contributed by atoms with E-state index < -0.39 is 10.0 Å². The van der Waals surface area contributed by atoms with E-state index >= 15 is 0 Å². The van der Waals surface area contributed by atoms with E-state index in [-0.39, 0.29) is 16.4 Å². The lowest BCUT2D eigenvalue weighted by Crippen LogP contribution is -2.32. The van der Waals surface area contributed by atoms with E-state index in [0.717, 1.165) is 29.3 Å². The van der Waals surface area contributed by atoms with Gasteiger partial charge in [-0.1, -0.05) is 12.8 Å². The van der Waals surface area contributed by atoms with Crippen LogP contribution < -0.4 is 9.46 Å². The molecule has 0 saturated carbocycles. The molecule has 1 aliphatic heterocycles. The van der Waals surface area contributed by atoms with E-state index in [1.165, 1.54) is 25.3 Å². The first-order chi connectivity index (χ1) is 13.4. The minimum absolute atomic E-state index is 0.0324. The number of benzene rings is 2. The molecule has 1 amide bonds. The lowest BCUT2D eigenvalue weighted by Gasteiger charge is -2.22. The number of nitrogens with one attached hydrogen (secondary N) is 1. The smallest absolute Gasteiger partial charge is 0.261 e. The third kappa shape index (κ3) is 4.96. The molecule has 3 rings (SSSR count). The molecule has 1 fully saturated rings. The van der Waals surface area contributed by atoms with Gasteiger partial charge in [-0.3, -0.25) is 9.52 Å². The van der Waals surface area contributed by atoms with Gasteiger partial charge in [-0.15, -0.1) is 0 Å². The first-order valence-corrected chi connectivity index (χ1v) is 11.7. The van der Waals surface area contributed by atoms with Crippen molar-refractivity contribution in [1.82, 2.24) is 4.90 Å². The fraction of sp³-hybridized carbons (Fsp3) is 0.350. The Balaban J connectivity index is 1.90. The van der Waals surface area contributed by atoms with Gasteiger partial charge in [0.1, 0.15) is 5.75 Å². The van der Waals surface area contributed by atoms with Crippen LogP contribution in [0.5, 0.6) is 5.75 Å². The molecule has 150 valence electrons. The Labute approximate surface area is 179 Å². The summed E-state index contributed by atoms with van der Waals surface area (Å²) in [6, 6.07) is 11.4. The SMILES string of the molecule is COc1ccc(S(=O)(=O)Nc2ccc(I)cc2)cc1C(=O)N1CCCCCC1. The normalized spacial score (nSPS) is 15.0. The average Bonchev–Trinajstić information content (AvgIpc) is 2.98. The van der Waals surface area contributed by atoms with Crippen molar-refractivity contribution in [3.05, 3.63) is 51.6 Å². The number of sulfonamides is 1. The Morgan fingerprint density at radius 3 is 2.29 bits per heavy atom. The van der Waals surface area contributed by atoms with Gasteiger partial charge in [-0.05, 0) is 77.9 Å². The number of halogens is 1. The first-order valence-electron chi connectivity index (χ1n) is 9.16. The molecule has 1 N–H and O–H groups in total. The van der Waals surface area contributed by atoms with E-state index in [1.54, 1.807) is 17.0 Å². The summed E-state index contributed by atoms with van der Waals surface area (Å²) in [5.41, 5.74) is 0.742. The summed E-state index contributed by atoms with van der Waals surface area (Å²) in [5, 5.41) is 0. The molecular weight excluding hydrogens is 491 g/mol. The maximum absolute atomic E-state index is 13.0. The molecular formula is C20H23IN2O4S. The minimum atomic E-state index is -3.82. The summed E-state index contributed by atoms with van der Waals surface area (Å²) in [4.78, 5) is 14.9. The van der Waals surface area contributed by atoms with Crippen LogP contribution in [0.15, 0.2) is 47.4 Å². The zero-order valence-corrected chi connectivity index (χ0v) is 18.6. The van der Waals surface area contributed by atoms with E-state index in [0.29, 0.717) is 24.5 Å². The molecule has 0 radical (unpaired) electrons. The molecule has 0 spiro atoms. The highest BCUT2D eigenvalue weighted by Gasteiger charge is 2.24. The molecule has 2 aromatic rings. The summed E-state index contributed by atoms with van der Waals surface area (Å²) < 4.78 is 34.5. The number of anilines is 1. The van der Waals surface area contributed by atoms with Crippen LogP contribution in [0, 0.1) is 3.57 Å². The second kappa shape index (κ2) is 9.13. The summed E-state index contributed by atoms with van der Waals surface area (Å²) in [6.45, 7) is 1.36. The molecule has 1 heterocycles. The Hall–Kier alpha value is -1.81. The molecule has 0 aromatic heterocycles. The van der Waals surface area contributed by atoms with E-state index in [4.69, 9.17) is 4.74 Å². The van der Waals surface area contributed by atoms with Crippen LogP contribution in [0.25, 0.3) is 0 Å². The predicted molar refractivity (Wildman–Crippen MR) is 117 cm³/mol. The number of rotatable bonds is 5. The molecule has 28 heavy (non-hydrogen) atoms. The van der Waals surface area contributed by atoms with Crippen molar-refractivity contribution in [3.8, 4) is 5.75 Å². The molecule has 8 heteroatoms. The number of hydrogen-bond acceptors (Lipinski definition) is 4. The molecule has 2 aromatic carbocycles. The van der Waals surface area contributed by atoms with Crippen LogP contribution in [-0.2, 0) is 10.0 Å². The highest BCUT2D eigenvalue weighted by atomic mass is 127. The number of ether oxygens (including phenoxy) is 1. The van der Waals surface area contributed by atoms with Gasteiger partial charge in [0.05, 0.1) is 17.6 Å². The number of carbonyl (C=O) groups is 1. The van der Waals surface area contributed by atoms with Gasteiger partial charge in [0.25, 0.3) is 15.9 Å². The lowest BCUT2D eigenvalue weighted by atomic mass is 10.1. The summed E-state index contributed by atoms with van der Waals surface area (Å²) in [5.74, 6) is 0.188. The third-order valence-electron chi connectivity index (χ3n) is 4.70. The monoisotopic (exact) mass is 514 g/mol. The Bertz CT molecular complexity index is 937. The summed E-state index contributed by atoms with van der Waals surface area (Å²) >= 11 is 2.16. The maximum Gasteiger partial charge on any atom is 0.261 e. The van der Waals surface area contributed by atoms with Gasteiger partial charge in [-0.2, -0.15) is 0 Å². The van der Waals surface area contributed by atoms with Gasteiger partial charge in [0.15, 0.2) is 0 Å². The number of nitrogens with zero attached hydrogens (tertiary/aromatic N) is 1. The van der Waals surface area contributed by atoms with Crippen molar-refractivity contribution in [1.29, 1.82) is 0 Å². The van der Waals surface area contributed by atoms with Crippen LogP contribution in [0.1, 0.15) is 36.0 Å². The second-order valence-corrected chi connectivity index (χ2v) is 9.61. The fourth-order valence-electron chi connectivity index (χ4n) is 3.20. The zero-order valence-electron chi connectivity index (χ0n) is 15.7. The molecule has 0 bridgehead atoms. The van der Waals surface area contributed by atoms with E-state index in [2.05, 4.69) is 27.3 Å². The van der Waals surface area contributed by atoms with Crippen LogP contribution in [0.3, 0.4) is 0 Å². The van der Waals surface area contributed by atoms with Gasteiger partial charge < -0.3 is 9.64 Å². The zero-order chi connectivity index (χ0) is 20.1. The van der Waals surface area contributed by atoms with Crippen molar-refractivity contribution in [2.75, 3.05) is 24.9 Å². The van der Waals surface area contributed by atoms with Gasteiger partial charge in [-0.25, -0.2) is 8.42 Å². The number of methoxy groups -OCH3 is 1. The molecule has 1 saturated heterocycles. The van der Waals surface area contributed by atoms with Crippen molar-refractivity contribution < 1.29 is 17.9 Å². The Morgan fingerprint density at radius 1 is 1.04 bits per heavy atom. The molecule has 1 aliphatic rings. The number of likely N-dealkylation sites (tertiary alicyclic amines) is 1. The highest BCUT2D eigenvalue weighted by molar-refractivity contribution is 14.1. The number of carbonyl (C=O) groups excluding carboxylic acids is 1. The number of hydrogen-bond donors (Lipinski definition) is 1. The highest BCUT2D eigenvalue weighted by Crippen LogP contribution is 2.26. The average molecular weight is 514 g/mol. The van der Waals surface area contributed by atoms with Crippen molar-refractivity contribution >= 4 is 44.2 Å². The largest absolute Gasteiger partial charge is 0.496 e. The lowest BCUT2D eigenvalue weighted by molar-refractivity contribution is 0.0758. The summed E-state index contributed by atoms with van der Waals surface area (Å²) in [6.07, 6.45) is 4.13. The quantitative estimate of drug-likeness (QED) is 0.610. The van der Waals surface area contributed by atoms with E-state index in [9.17, 15) is 13.2 Å². The first kappa shape index (κ1) is 20.9. The molecule has 0 aliphatic carbocycles. The summed E-state index contributed by atoms with van der Waals surface area (Å²) in [7, 11) is -2.35. The van der Waals surface area contributed by atoms with Crippen molar-refractivity contribution in [2.24, 2.45) is 0 Å². The van der Waals surface area contributed by atoms with Crippen molar-refractivity contribution in [3.63, 3.8) is 0 Å². The van der Waals surface area contributed by atoms with Crippen LogP contribution >= 0.6 is 22.6 Å². The molecule has 0 unspecified atom stereocenters.